The molecule has 0 atom stereocenters. The summed E-state index contributed by atoms with van der Waals surface area (Å²) >= 11 is 0. The lowest BCUT2D eigenvalue weighted by Crippen LogP contribution is -1.96. The number of benzene rings is 1. The van der Waals surface area contributed by atoms with Gasteiger partial charge in [-0.05, 0) is 37.1 Å². The molecule has 0 amide bonds. The van der Waals surface area contributed by atoms with E-state index in [4.69, 9.17) is 0 Å². The molecule has 0 bridgehead atoms. The van der Waals surface area contributed by atoms with Crippen LogP contribution in [0.4, 0.5) is 17.2 Å². The SMILES string of the molecule is CNc1cc(Nc2cc(C)ccc2C)ccn1. The fourth-order valence-corrected chi connectivity index (χ4v) is 1.67. The number of nitrogens with one attached hydrogen (secondary N) is 2. The van der Waals surface area contributed by atoms with Gasteiger partial charge in [0.15, 0.2) is 0 Å². The number of hydrogen-bond donors (Lipinski definition) is 2. The second-order valence-electron chi connectivity index (χ2n) is 4.12. The molecule has 2 rings (SSSR count). The van der Waals surface area contributed by atoms with E-state index in [1.54, 1.807) is 6.20 Å². The topological polar surface area (TPSA) is 37.0 Å². The number of aryl methyl sites for hydroxylation is 2. The van der Waals surface area contributed by atoms with Crippen molar-refractivity contribution in [3.05, 3.63) is 47.7 Å². The van der Waals surface area contributed by atoms with Crippen LogP contribution in [-0.4, -0.2) is 12.0 Å². The highest BCUT2D eigenvalue weighted by molar-refractivity contribution is 5.65. The largest absolute Gasteiger partial charge is 0.373 e. The van der Waals surface area contributed by atoms with Gasteiger partial charge in [-0.1, -0.05) is 12.1 Å². The molecule has 0 spiro atoms. The van der Waals surface area contributed by atoms with Crippen LogP contribution in [0.25, 0.3) is 0 Å². The van der Waals surface area contributed by atoms with Crippen molar-refractivity contribution in [2.45, 2.75) is 13.8 Å². The molecule has 0 aliphatic rings. The summed E-state index contributed by atoms with van der Waals surface area (Å²) in [6.07, 6.45) is 1.79. The summed E-state index contributed by atoms with van der Waals surface area (Å²) in [5, 5.41) is 6.44. The first-order valence-electron chi connectivity index (χ1n) is 5.67. The zero-order valence-corrected chi connectivity index (χ0v) is 10.4. The summed E-state index contributed by atoms with van der Waals surface area (Å²) in [5.41, 5.74) is 4.66. The van der Waals surface area contributed by atoms with Gasteiger partial charge in [-0.3, -0.25) is 0 Å². The van der Waals surface area contributed by atoms with E-state index in [0.717, 1.165) is 17.2 Å². The van der Waals surface area contributed by atoms with Gasteiger partial charge in [-0.25, -0.2) is 4.98 Å². The van der Waals surface area contributed by atoms with Gasteiger partial charge in [-0.15, -0.1) is 0 Å². The van der Waals surface area contributed by atoms with Crippen molar-refractivity contribution in [1.82, 2.24) is 4.98 Å². The molecule has 1 aromatic heterocycles. The van der Waals surface area contributed by atoms with E-state index < -0.39 is 0 Å². The maximum absolute atomic E-state index is 4.19. The zero-order valence-electron chi connectivity index (χ0n) is 10.4. The van der Waals surface area contributed by atoms with Gasteiger partial charge in [0.1, 0.15) is 5.82 Å². The maximum atomic E-state index is 4.19. The van der Waals surface area contributed by atoms with E-state index in [-0.39, 0.29) is 0 Å². The first kappa shape index (κ1) is 11.5. The quantitative estimate of drug-likeness (QED) is 0.842. The molecule has 0 aliphatic heterocycles. The Kier molecular flexibility index (Phi) is 3.28. The number of pyridine rings is 1. The summed E-state index contributed by atoms with van der Waals surface area (Å²) in [6, 6.07) is 10.3. The molecule has 0 radical (unpaired) electrons. The molecule has 3 nitrogen and oxygen atoms in total. The maximum Gasteiger partial charge on any atom is 0.127 e. The normalized spacial score (nSPS) is 10.1. The van der Waals surface area contributed by atoms with Crippen LogP contribution < -0.4 is 10.6 Å². The van der Waals surface area contributed by atoms with E-state index >= 15 is 0 Å². The van der Waals surface area contributed by atoms with Gasteiger partial charge < -0.3 is 10.6 Å². The van der Waals surface area contributed by atoms with E-state index in [0.29, 0.717) is 0 Å². The molecule has 17 heavy (non-hydrogen) atoms. The highest BCUT2D eigenvalue weighted by atomic mass is 15.0. The van der Waals surface area contributed by atoms with Crippen molar-refractivity contribution in [3.8, 4) is 0 Å². The molecule has 1 aromatic carbocycles. The van der Waals surface area contributed by atoms with Crippen LogP contribution in [-0.2, 0) is 0 Å². The van der Waals surface area contributed by atoms with Crippen molar-refractivity contribution >= 4 is 17.2 Å². The minimum Gasteiger partial charge on any atom is -0.373 e. The van der Waals surface area contributed by atoms with Gasteiger partial charge in [0.05, 0.1) is 0 Å². The molecular weight excluding hydrogens is 210 g/mol. The van der Waals surface area contributed by atoms with Gasteiger partial charge >= 0.3 is 0 Å². The summed E-state index contributed by atoms with van der Waals surface area (Å²) in [6.45, 7) is 4.19. The number of hydrogen-bond acceptors (Lipinski definition) is 3. The third-order valence-electron chi connectivity index (χ3n) is 2.69. The van der Waals surface area contributed by atoms with Crippen LogP contribution in [0.2, 0.25) is 0 Å². The average molecular weight is 227 g/mol. The van der Waals surface area contributed by atoms with Crippen molar-refractivity contribution in [3.63, 3.8) is 0 Å². The second-order valence-corrected chi connectivity index (χ2v) is 4.12. The van der Waals surface area contributed by atoms with E-state index in [1.165, 1.54) is 11.1 Å². The van der Waals surface area contributed by atoms with Crippen molar-refractivity contribution < 1.29 is 0 Å². The van der Waals surface area contributed by atoms with Crippen molar-refractivity contribution in [2.24, 2.45) is 0 Å². The van der Waals surface area contributed by atoms with Gasteiger partial charge in [-0.2, -0.15) is 0 Å². The standard InChI is InChI=1S/C14H17N3/c1-10-4-5-11(2)13(8-10)17-12-6-7-16-14(9-12)15-3/h4-9H,1-3H3,(H2,15,16,17). The summed E-state index contributed by atoms with van der Waals surface area (Å²) in [7, 11) is 1.87. The van der Waals surface area contributed by atoms with Crippen LogP contribution >= 0.6 is 0 Å². The van der Waals surface area contributed by atoms with Gasteiger partial charge in [0.2, 0.25) is 0 Å². The first-order chi connectivity index (χ1) is 8.19. The Hall–Kier alpha value is -2.03. The molecule has 0 saturated carbocycles. The Morgan fingerprint density at radius 2 is 1.88 bits per heavy atom. The Morgan fingerprint density at radius 1 is 1.06 bits per heavy atom. The molecule has 3 heteroatoms. The van der Waals surface area contributed by atoms with Crippen LogP contribution in [0.5, 0.6) is 0 Å². The van der Waals surface area contributed by atoms with Crippen LogP contribution in [0, 0.1) is 13.8 Å². The fourth-order valence-electron chi connectivity index (χ4n) is 1.67. The zero-order chi connectivity index (χ0) is 12.3. The third-order valence-corrected chi connectivity index (χ3v) is 2.69. The smallest absolute Gasteiger partial charge is 0.127 e. The Morgan fingerprint density at radius 3 is 2.65 bits per heavy atom. The molecule has 2 N–H and O–H groups in total. The van der Waals surface area contributed by atoms with Crippen LogP contribution in [0.3, 0.4) is 0 Å². The number of rotatable bonds is 3. The van der Waals surface area contributed by atoms with E-state index in [9.17, 15) is 0 Å². The molecule has 0 unspecified atom stereocenters. The summed E-state index contributed by atoms with van der Waals surface area (Å²) in [4.78, 5) is 4.19. The van der Waals surface area contributed by atoms with Gasteiger partial charge in [0.25, 0.3) is 0 Å². The highest BCUT2D eigenvalue weighted by Crippen LogP contribution is 2.22. The molecule has 1 heterocycles. The predicted molar refractivity (Wildman–Crippen MR) is 73.0 cm³/mol. The van der Waals surface area contributed by atoms with E-state index in [1.807, 2.05) is 19.2 Å². The summed E-state index contributed by atoms with van der Waals surface area (Å²) in [5.74, 6) is 0.861. The van der Waals surface area contributed by atoms with Gasteiger partial charge in [0, 0.05) is 30.7 Å². The monoisotopic (exact) mass is 227 g/mol. The number of anilines is 3. The number of aromatic nitrogens is 1. The molecule has 88 valence electrons. The molecule has 0 saturated heterocycles. The van der Waals surface area contributed by atoms with E-state index in [2.05, 4.69) is 47.7 Å². The van der Waals surface area contributed by atoms with Crippen molar-refractivity contribution in [2.75, 3.05) is 17.7 Å². The van der Waals surface area contributed by atoms with Crippen LogP contribution in [0.1, 0.15) is 11.1 Å². The summed E-state index contributed by atoms with van der Waals surface area (Å²) < 4.78 is 0. The number of nitrogens with zero attached hydrogens (tertiary/aromatic N) is 1. The first-order valence-corrected chi connectivity index (χ1v) is 5.67. The molecular formula is C14H17N3. The second kappa shape index (κ2) is 4.87. The fraction of sp³-hybridized carbons (Fsp3) is 0.214. The lowest BCUT2D eigenvalue weighted by molar-refractivity contribution is 1.28. The third kappa shape index (κ3) is 2.75. The van der Waals surface area contributed by atoms with Crippen LogP contribution in [0.15, 0.2) is 36.5 Å². The van der Waals surface area contributed by atoms with Crippen molar-refractivity contribution in [1.29, 1.82) is 0 Å². The lowest BCUT2D eigenvalue weighted by Gasteiger charge is -2.11. The Labute approximate surface area is 102 Å². The Balaban J connectivity index is 2.27. The minimum atomic E-state index is 0.861. The molecule has 0 aliphatic carbocycles. The lowest BCUT2D eigenvalue weighted by atomic mass is 10.1. The Bertz CT molecular complexity index is 521. The predicted octanol–water partition coefficient (Wildman–Crippen LogP) is 3.48. The highest BCUT2D eigenvalue weighted by Gasteiger charge is 2.00. The molecule has 2 aromatic rings. The molecule has 0 fully saturated rings. The average Bonchev–Trinajstić information content (AvgIpc) is 2.34. The minimum absolute atomic E-state index is 0.861.